The van der Waals surface area contributed by atoms with Gasteiger partial charge in [-0.05, 0) is 48.0 Å². The van der Waals surface area contributed by atoms with E-state index >= 15 is 0 Å². The maximum absolute atomic E-state index is 13.7. The van der Waals surface area contributed by atoms with Gasteiger partial charge in [0.25, 0.3) is 0 Å². The van der Waals surface area contributed by atoms with E-state index in [1.165, 1.54) is 6.07 Å². The van der Waals surface area contributed by atoms with Gasteiger partial charge in [-0.2, -0.15) is 4.98 Å². The second-order valence-electron chi connectivity index (χ2n) is 6.42. The summed E-state index contributed by atoms with van der Waals surface area (Å²) in [6.07, 6.45) is 0. The third-order valence-corrected chi connectivity index (χ3v) is 5.12. The molecule has 3 aromatic carbocycles. The number of nitrogens with zero attached hydrogens (tertiary/aromatic N) is 2. The molecule has 156 valence electrons. The minimum Gasteiger partial charge on any atom is -0.438 e. The average molecular weight is 479 g/mol. The summed E-state index contributed by atoms with van der Waals surface area (Å²) in [5.74, 6) is -2.10. The lowest BCUT2D eigenvalue weighted by atomic mass is 10.00. The monoisotopic (exact) mass is 477 g/mol. The van der Waals surface area contributed by atoms with E-state index in [0.717, 1.165) is 12.1 Å². The third-order valence-electron chi connectivity index (χ3n) is 4.32. The Morgan fingerprint density at radius 3 is 2.16 bits per heavy atom. The number of hydrogen-bond donors (Lipinski definition) is 1. The molecular weight excluding hydrogens is 467 g/mol. The van der Waals surface area contributed by atoms with Gasteiger partial charge >= 0.3 is 0 Å². The molecule has 4 nitrogen and oxygen atoms in total. The highest BCUT2D eigenvalue weighted by atomic mass is 35.5. The fourth-order valence-electron chi connectivity index (χ4n) is 2.94. The number of benzene rings is 3. The molecule has 0 amide bonds. The van der Waals surface area contributed by atoms with Gasteiger partial charge in [0, 0.05) is 21.7 Å². The molecule has 0 fully saturated rings. The second-order valence-corrected chi connectivity index (χ2v) is 7.70. The summed E-state index contributed by atoms with van der Waals surface area (Å²) in [7, 11) is 0. The molecule has 0 spiro atoms. The van der Waals surface area contributed by atoms with Crippen LogP contribution in [0.4, 0.5) is 14.7 Å². The maximum Gasteiger partial charge on any atom is 0.232 e. The lowest BCUT2D eigenvalue weighted by Crippen LogP contribution is -2.03. The van der Waals surface area contributed by atoms with E-state index in [-0.39, 0.29) is 17.6 Å². The van der Waals surface area contributed by atoms with Gasteiger partial charge in [0.15, 0.2) is 11.6 Å². The Morgan fingerprint density at radius 2 is 1.48 bits per heavy atom. The molecule has 0 radical (unpaired) electrons. The fraction of sp³-hybridized carbons (Fsp3) is 0. The molecule has 9 heteroatoms. The Hall–Kier alpha value is -2.93. The van der Waals surface area contributed by atoms with E-state index in [1.807, 2.05) is 0 Å². The molecule has 0 saturated carbocycles. The molecule has 0 aliphatic carbocycles. The number of halogens is 5. The Balaban J connectivity index is 1.96. The summed E-state index contributed by atoms with van der Waals surface area (Å²) in [4.78, 5) is 8.54. The summed E-state index contributed by atoms with van der Waals surface area (Å²) < 4.78 is 32.8. The molecule has 0 atom stereocenters. The standard InChI is InChI=1S/C22H12Cl3F2N3O/c23-12-3-1-11(2-4-12)19-20(15-7-5-13(24)9-16(15)25)29-22(28)30-21(19)31-14-6-8-17(26)18(27)10-14/h1-10H,(H2,28,29,30). The number of ether oxygens (including phenoxy) is 1. The third kappa shape index (κ3) is 4.56. The zero-order chi connectivity index (χ0) is 22.1. The van der Waals surface area contributed by atoms with E-state index in [4.69, 9.17) is 45.3 Å². The Morgan fingerprint density at radius 1 is 0.774 bits per heavy atom. The van der Waals surface area contributed by atoms with Gasteiger partial charge in [0.1, 0.15) is 5.75 Å². The van der Waals surface area contributed by atoms with Crippen molar-refractivity contribution in [3.8, 4) is 34.0 Å². The smallest absolute Gasteiger partial charge is 0.232 e. The highest BCUT2D eigenvalue weighted by molar-refractivity contribution is 6.36. The van der Waals surface area contributed by atoms with Gasteiger partial charge in [0.05, 0.1) is 16.3 Å². The quantitative estimate of drug-likeness (QED) is 0.331. The summed E-state index contributed by atoms with van der Waals surface area (Å²) in [6.45, 7) is 0. The first-order chi connectivity index (χ1) is 14.8. The van der Waals surface area contributed by atoms with Gasteiger partial charge in [0.2, 0.25) is 11.8 Å². The second kappa shape index (κ2) is 8.67. The van der Waals surface area contributed by atoms with Gasteiger partial charge in [-0.15, -0.1) is 0 Å². The lowest BCUT2D eigenvalue weighted by molar-refractivity contribution is 0.449. The molecule has 1 heterocycles. The number of nitrogens with two attached hydrogens (primary N) is 1. The van der Waals surface area contributed by atoms with Crippen LogP contribution >= 0.6 is 34.8 Å². The number of aromatic nitrogens is 2. The summed E-state index contributed by atoms with van der Waals surface area (Å²) in [6, 6.07) is 14.9. The molecule has 0 unspecified atom stereocenters. The molecule has 0 aliphatic rings. The molecule has 0 aliphatic heterocycles. The minimum atomic E-state index is -1.06. The molecule has 4 rings (SSSR count). The zero-order valence-electron chi connectivity index (χ0n) is 15.5. The highest BCUT2D eigenvalue weighted by Crippen LogP contribution is 2.42. The minimum absolute atomic E-state index is 0.0281. The van der Waals surface area contributed by atoms with Crippen molar-refractivity contribution >= 4 is 40.8 Å². The first-order valence-corrected chi connectivity index (χ1v) is 9.97. The van der Waals surface area contributed by atoms with Crippen molar-refractivity contribution in [3.05, 3.63) is 87.4 Å². The summed E-state index contributed by atoms with van der Waals surface area (Å²) in [5.41, 5.74) is 7.90. The van der Waals surface area contributed by atoms with Crippen molar-refractivity contribution in [2.75, 3.05) is 5.73 Å². The van der Waals surface area contributed by atoms with Crippen LogP contribution < -0.4 is 10.5 Å². The molecule has 2 N–H and O–H groups in total. The van der Waals surface area contributed by atoms with Crippen LogP contribution in [0.25, 0.3) is 22.4 Å². The van der Waals surface area contributed by atoms with Gasteiger partial charge in [-0.3, -0.25) is 0 Å². The van der Waals surface area contributed by atoms with E-state index in [2.05, 4.69) is 9.97 Å². The number of hydrogen-bond acceptors (Lipinski definition) is 4. The number of nitrogen functional groups attached to an aromatic ring is 1. The van der Waals surface area contributed by atoms with Crippen LogP contribution in [-0.2, 0) is 0 Å². The Bertz CT molecular complexity index is 1280. The predicted octanol–water partition coefficient (Wildman–Crippen LogP) is 7.42. The van der Waals surface area contributed by atoms with E-state index in [1.54, 1.807) is 42.5 Å². The van der Waals surface area contributed by atoms with Crippen LogP contribution in [0.5, 0.6) is 11.6 Å². The number of rotatable bonds is 4. The molecular formula is C22H12Cl3F2N3O. The Kier molecular flexibility index (Phi) is 5.96. The van der Waals surface area contributed by atoms with E-state index in [0.29, 0.717) is 37.5 Å². The molecule has 4 aromatic rings. The Labute approximate surface area is 191 Å². The molecule has 31 heavy (non-hydrogen) atoms. The van der Waals surface area contributed by atoms with Crippen molar-refractivity contribution in [2.24, 2.45) is 0 Å². The van der Waals surface area contributed by atoms with Crippen LogP contribution in [0.3, 0.4) is 0 Å². The van der Waals surface area contributed by atoms with Crippen LogP contribution in [0.2, 0.25) is 15.1 Å². The van der Waals surface area contributed by atoms with Crippen molar-refractivity contribution in [2.45, 2.75) is 0 Å². The lowest BCUT2D eigenvalue weighted by Gasteiger charge is -2.16. The average Bonchev–Trinajstić information content (AvgIpc) is 2.71. The van der Waals surface area contributed by atoms with Crippen LogP contribution in [0, 0.1) is 11.6 Å². The topological polar surface area (TPSA) is 61.0 Å². The SMILES string of the molecule is Nc1nc(Oc2ccc(F)c(F)c2)c(-c2ccc(Cl)cc2)c(-c2ccc(Cl)cc2Cl)n1. The van der Waals surface area contributed by atoms with Gasteiger partial charge < -0.3 is 10.5 Å². The van der Waals surface area contributed by atoms with Crippen molar-refractivity contribution in [1.29, 1.82) is 0 Å². The zero-order valence-corrected chi connectivity index (χ0v) is 17.8. The molecule has 0 saturated heterocycles. The van der Waals surface area contributed by atoms with Crippen LogP contribution in [0.15, 0.2) is 60.7 Å². The van der Waals surface area contributed by atoms with Crippen molar-refractivity contribution in [3.63, 3.8) is 0 Å². The van der Waals surface area contributed by atoms with Gasteiger partial charge in [-0.1, -0.05) is 46.9 Å². The highest BCUT2D eigenvalue weighted by Gasteiger charge is 2.21. The maximum atomic E-state index is 13.7. The first-order valence-electron chi connectivity index (χ1n) is 8.83. The summed E-state index contributed by atoms with van der Waals surface area (Å²) >= 11 is 18.5. The van der Waals surface area contributed by atoms with Crippen LogP contribution in [-0.4, -0.2) is 9.97 Å². The fourth-order valence-corrected chi connectivity index (χ4v) is 3.56. The number of anilines is 1. The normalized spacial score (nSPS) is 10.9. The van der Waals surface area contributed by atoms with Gasteiger partial charge in [-0.25, -0.2) is 13.8 Å². The largest absolute Gasteiger partial charge is 0.438 e. The van der Waals surface area contributed by atoms with E-state index in [9.17, 15) is 8.78 Å². The van der Waals surface area contributed by atoms with Crippen molar-refractivity contribution in [1.82, 2.24) is 9.97 Å². The summed E-state index contributed by atoms with van der Waals surface area (Å²) in [5, 5.41) is 1.30. The van der Waals surface area contributed by atoms with Crippen molar-refractivity contribution < 1.29 is 13.5 Å². The molecule has 0 bridgehead atoms. The molecule has 1 aromatic heterocycles. The predicted molar refractivity (Wildman–Crippen MR) is 119 cm³/mol. The van der Waals surface area contributed by atoms with Crippen LogP contribution in [0.1, 0.15) is 0 Å². The van der Waals surface area contributed by atoms with E-state index < -0.39 is 11.6 Å². The first kappa shape index (κ1) is 21.3.